The number of hydrogen-bond acceptors (Lipinski definition) is 5. The highest BCUT2D eigenvalue weighted by Gasteiger charge is 2.22. The van der Waals surface area contributed by atoms with Crippen LogP contribution in [0.4, 0.5) is 11.4 Å². The third-order valence-electron chi connectivity index (χ3n) is 2.50. The van der Waals surface area contributed by atoms with Crippen molar-refractivity contribution in [3.63, 3.8) is 0 Å². The number of nitrogens with one attached hydrogen (secondary N) is 1. The number of rotatable bonds is 4. The van der Waals surface area contributed by atoms with E-state index in [2.05, 4.69) is 25.6 Å². The van der Waals surface area contributed by atoms with Gasteiger partial charge in [-0.15, -0.1) is 0 Å². The van der Waals surface area contributed by atoms with Gasteiger partial charge in [0.25, 0.3) is 10.0 Å². The van der Waals surface area contributed by atoms with Gasteiger partial charge in [0.05, 0.1) is 17.4 Å². The monoisotopic (exact) mass is 371 g/mol. The Hall–Kier alpha value is -2.13. The van der Waals surface area contributed by atoms with Crippen molar-refractivity contribution >= 4 is 43.3 Å². The lowest BCUT2D eigenvalue weighted by Gasteiger charge is -2.10. The summed E-state index contributed by atoms with van der Waals surface area (Å²) in [5.74, 6) is -1.38. The number of carboxylic acid groups (broad SMARTS) is 1. The summed E-state index contributed by atoms with van der Waals surface area (Å²) in [5.41, 5.74) is 5.47. The number of carbonyl (C=O) groups is 1. The van der Waals surface area contributed by atoms with Crippen LogP contribution in [0.1, 0.15) is 10.4 Å². The molecule has 1 aromatic carbocycles. The number of carboxylic acids is 1. The maximum Gasteiger partial charge on any atom is 0.337 e. The lowest BCUT2D eigenvalue weighted by molar-refractivity contribution is 0.0692. The minimum absolute atomic E-state index is 0.164. The third-order valence-corrected chi connectivity index (χ3v) is 4.41. The van der Waals surface area contributed by atoms with Crippen molar-refractivity contribution < 1.29 is 18.3 Å². The predicted molar refractivity (Wildman–Crippen MR) is 80.6 cm³/mol. The van der Waals surface area contributed by atoms with E-state index in [0.717, 1.165) is 12.1 Å². The molecule has 0 bridgehead atoms. The third kappa shape index (κ3) is 3.50. The number of sulfonamides is 1. The average molecular weight is 372 g/mol. The number of hydrogen-bond donors (Lipinski definition) is 3. The summed E-state index contributed by atoms with van der Waals surface area (Å²) < 4.78 is 27.3. The second-order valence-corrected chi connectivity index (χ2v) is 6.50. The molecule has 0 aliphatic rings. The molecule has 0 saturated heterocycles. The fraction of sp³-hybridized carbons (Fsp3) is 0. The Morgan fingerprint density at radius 2 is 2.00 bits per heavy atom. The van der Waals surface area contributed by atoms with Crippen molar-refractivity contribution in [1.29, 1.82) is 0 Å². The quantitative estimate of drug-likeness (QED) is 0.557. The van der Waals surface area contributed by atoms with Gasteiger partial charge < -0.3 is 10.8 Å². The van der Waals surface area contributed by atoms with Crippen molar-refractivity contribution in [3.05, 3.63) is 46.7 Å². The van der Waals surface area contributed by atoms with Crippen molar-refractivity contribution in [1.82, 2.24) is 4.98 Å². The molecule has 0 amide bonds. The molecule has 0 atom stereocenters. The zero-order valence-electron chi connectivity index (χ0n) is 10.4. The van der Waals surface area contributed by atoms with Crippen LogP contribution >= 0.6 is 15.9 Å². The fourth-order valence-corrected chi connectivity index (χ4v) is 3.05. The molecule has 0 aliphatic heterocycles. The Morgan fingerprint density at radius 3 is 2.57 bits per heavy atom. The van der Waals surface area contributed by atoms with Crippen molar-refractivity contribution in [2.24, 2.45) is 0 Å². The molecule has 9 heteroatoms. The molecular weight excluding hydrogens is 362 g/mol. The summed E-state index contributed by atoms with van der Waals surface area (Å²) in [5, 5.41) is 9.09. The topological polar surface area (TPSA) is 122 Å². The van der Waals surface area contributed by atoms with Crippen LogP contribution in [-0.2, 0) is 10.0 Å². The summed E-state index contributed by atoms with van der Waals surface area (Å²) in [6, 6.07) is 6.61. The number of nitrogens with zero attached hydrogens (tertiary/aromatic N) is 1. The van der Waals surface area contributed by atoms with E-state index >= 15 is 0 Å². The van der Waals surface area contributed by atoms with Gasteiger partial charge in [0.2, 0.25) is 0 Å². The number of nitrogen functional groups attached to an aromatic ring is 1. The highest BCUT2D eigenvalue weighted by atomic mass is 79.9. The smallest absolute Gasteiger partial charge is 0.337 e. The van der Waals surface area contributed by atoms with Crippen LogP contribution in [0.15, 0.2) is 46.0 Å². The van der Waals surface area contributed by atoms with Crippen LogP contribution in [0.25, 0.3) is 0 Å². The number of anilines is 2. The van der Waals surface area contributed by atoms with E-state index in [1.165, 1.54) is 18.3 Å². The minimum Gasteiger partial charge on any atom is -0.478 e. The van der Waals surface area contributed by atoms with E-state index in [4.69, 9.17) is 10.8 Å². The normalized spacial score (nSPS) is 11.1. The molecule has 2 rings (SSSR count). The lowest BCUT2D eigenvalue weighted by atomic mass is 10.2. The van der Waals surface area contributed by atoms with E-state index in [-0.39, 0.29) is 16.3 Å². The standard InChI is InChI=1S/C12H10BrN3O4S/c13-11-4-2-8(6-15-11)16-21(19,20)10-3-1-7(14)5-9(10)12(17)18/h1-6,16H,14H2,(H,17,18). The van der Waals surface area contributed by atoms with Crippen LogP contribution in [0, 0.1) is 0 Å². The Bertz CT molecular complexity index is 791. The van der Waals surface area contributed by atoms with Gasteiger partial charge in [-0.25, -0.2) is 18.2 Å². The van der Waals surface area contributed by atoms with Gasteiger partial charge in [0, 0.05) is 5.69 Å². The number of nitrogens with two attached hydrogens (primary N) is 1. The van der Waals surface area contributed by atoms with E-state index in [0.29, 0.717) is 4.60 Å². The number of aromatic carboxylic acids is 1. The van der Waals surface area contributed by atoms with Crippen LogP contribution in [0.3, 0.4) is 0 Å². The summed E-state index contributed by atoms with van der Waals surface area (Å²) in [6.45, 7) is 0. The molecule has 4 N–H and O–H groups in total. The molecule has 2 aromatic rings. The molecule has 0 fully saturated rings. The van der Waals surface area contributed by atoms with Crippen molar-refractivity contribution in [2.45, 2.75) is 4.90 Å². The molecule has 21 heavy (non-hydrogen) atoms. The van der Waals surface area contributed by atoms with Crippen LogP contribution in [0.2, 0.25) is 0 Å². The number of aromatic nitrogens is 1. The summed E-state index contributed by atoms with van der Waals surface area (Å²) in [4.78, 5) is 14.7. The molecule has 0 aliphatic carbocycles. The second-order valence-electron chi connectivity index (χ2n) is 4.04. The first-order chi connectivity index (χ1) is 9.79. The van der Waals surface area contributed by atoms with Crippen LogP contribution in [-0.4, -0.2) is 24.5 Å². The Morgan fingerprint density at radius 1 is 1.29 bits per heavy atom. The minimum atomic E-state index is -4.06. The zero-order chi connectivity index (χ0) is 15.6. The maximum absolute atomic E-state index is 12.3. The highest BCUT2D eigenvalue weighted by Crippen LogP contribution is 2.22. The van der Waals surface area contributed by atoms with E-state index in [1.807, 2.05) is 0 Å². The Balaban J connectivity index is 2.44. The average Bonchev–Trinajstić information content (AvgIpc) is 2.40. The van der Waals surface area contributed by atoms with Gasteiger partial charge in [0.15, 0.2) is 0 Å². The van der Waals surface area contributed by atoms with Gasteiger partial charge in [0.1, 0.15) is 9.50 Å². The van der Waals surface area contributed by atoms with Crippen molar-refractivity contribution in [3.8, 4) is 0 Å². The molecule has 0 saturated carbocycles. The summed E-state index contributed by atoms with van der Waals surface area (Å²) in [7, 11) is -4.06. The molecule has 1 aromatic heterocycles. The summed E-state index contributed by atoms with van der Waals surface area (Å²) in [6.07, 6.45) is 1.30. The molecule has 110 valence electrons. The van der Waals surface area contributed by atoms with Gasteiger partial charge in [-0.3, -0.25) is 4.72 Å². The maximum atomic E-state index is 12.3. The first-order valence-electron chi connectivity index (χ1n) is 5.57. The van der Waals surface area contributed by atoms with Gasteiger partial charge in [-0.05, 0) is 46.3 Å². The number of benzene rings is 1. The van der Waals surface area contributed by atoms with E-state index in [9.17, 15) is 13.2 Å². The molecule has 1 heterocycles. The molecule has 0 unspecified atom stereocenters. The van der Waals surface area contributed by atoms with Crippen LogP contribution < -0.4 is 10.5 Å². The Labute approximate surface area is 129 Å². The van der Waals surface area contributed by atoms with Gasteiger partial charge in [-0.1, -0.05) is 0 Å². The molecular formula is C12H10BrN3O4S. The Kier molecular flexibility index (Phi) is 4.14. The largest absolute Gasteiger partial charge is 0.478 e. The highest BCUT2D eigenvalue weighted by molar-refractivity contribution is 9.10. The number of halogens is 1. The molecule has 0 radical (unpaired) electrons. The first-order valence-corrected chi connectivity index (χ1v) is 7.84. The van der Waals surface area contributed by atoms with E-state index in [1.54, 1.807) is 6.07 Å². The van der Waals surface area contributed by atoms with Gasteiger partial charge >= 0.3 is 5.97 Å². The SMILES string of the molecule is Nc1ccc(S(=O)(=O)Nc2ccc(Br)nc2)c(C(=O)O)c1. The van der Waals surface area contributed by atoms with Crippen LogP contribution in [0.5, 0.6) is 0 Å². The summed E-state index contributed by atoms with van der Waals surface area (Å²) >= 11 is 3.13. The lowest BCUT2D eigenvalue weighted by Crippen LogP contribution is -2.17. The first kappa shape index (κ1) is 15.3. The van der Waals surface area contributed by atoms with Gasteiger partial charge in [-0.2, -0.15) is 0 Å². The second kappa shape index (κ2) is 5.70. The molecule has 7 nitrogen and oxygen atoms in total. The van der Waals surface area contributed by atoms with E-state index < -0.39 is 21.6 Å². The zero-order valence-corrected chi connectivity index (χ0v) is 12.8. The number of pyridine rings is 1. The van der Waals surface area contributed by atoms with Crippen molar-refractivity contribution in [2.75, 3.05) is 10.5 Å². The molecule has 0 spiro atoms. The predicted octanol–water partition coefficient (Wildman–Crippen LogP) is 1.93. The fourth-order valence-electron chi connectivity index (χ4n) is 1.60.